The molecule has 1 amide bonds. The summed E-state index contributed by atoms with van der Waals surface area (Å²) in [5.74, 6) is 0.331. The van der Waals surface area contributed by atoms with Gasteiger partial charge in [-0.3, -0.25) is 9.89 Å². The second-order valence-electron chi connectivity index (χ2n) is 5.74. The van der Waals surface area contributed by atoms with E-state index in [1.165, 1.54) is 32.1 Å². The van der Waals surface area contributed by atoms with Gasteiger partial charge in [-0.2, -0.15) is 5.10 Å². The van der Waals surface area contributed by atoms with Crippen molar-refractivity contribution in [2.24, 2.45) is 0 Å². The zero-order chi connectivity index (χ0) is 14.8. The monoisotopic (exact) mass is 287 g/mol. The van der Waals surface area contributed by atoms with Crippen molar-refractivity contribution in [1.82, 2.24) is 15.5 Å². The summed E-state index contributed by atoms with van der Waals surface area (Å²) in [5, 5.41) is 20.6. The Kier molecular flexibility index (Phi) is 3.92. The number of nitrogens with one attached hydrogen (secondary N) is 2. The number of rotatable bonds is 3. The number of hydrogen-bond donors (Lipinski definition) is 3. The average Bonchev–Trinajstić information content (AvgIpc) is 2.96. The van der Waals surface area contributed by atoms with Gasteiger partial charge >= 0.3 is 0 Å². The van der Waals surface area contributed by atoms with Crippen LogP contribution in [0.5, 0.6) is 0 Å². The lowest BCUT2D eigenvalue weighted by atomic mass is 9.85. The molecule has 0 unspecified atom stereocenters. The van der Waals surface area contributed by atoms with Crippen molar-refractivity contribution in [2.75, 3.05) is 7.05 Å². The Hall–Kier alpha value is -1.88. The van der Waals surface area contributed by atoms with Crippen molar-refractivity contribution in [3.8, 4) is 0 Å². The largest absolute Gasteiger partial charge is 0.392 e. The molecule has 3 N–H and O–H groups in total. The number of aromatic nitrogens is 2. The van der Waals surface area contributed by atoms with Gasteiger partial charge in [0.2, 0.25) is 0 Å². The second-order valence-corrected chi connectivity index (χ2v) is 5.74. The molecule has 1 aromatic heterocycles. The van der Waals surface area contributed by atoms with Crippen LogP contribution < -0.4 is 5.32 Å². The molecule has 0 saturated heterocycles. The number of benzene rings is 1. The van der Waals surface area contributed by atoms with Gasteiger partial charge in [-0.15, -0.1) is 0 Å². The smallest absolute Gasteiger partial charge is 0.251 e. The lowest BCUT2D eigenvalue weighted by Gasteiger charge is -2.20. The van der Waals surface area contributed by atoms with E-state index in [9.17, 15) is 9.90 Å². The molecule has 0 radical (unpaired) electrons. The summed E-state index contributed by atoms with van der Waals surface area (Å²) in [5.41, 5.74) is 3.11. The van der Waals surface area contributed by atoms with Crippen LogP contribution in [0.3, 0.4) is 0 Å². The summed E-state index contributed by atoms with van der Waals surface area (Å²) in [6, 6.07) is 3.68. The first-order valence-corrected chi connectivity index (χ1v) is 7.58. The summed E-state index contributed by atoms with van der Waals surface area (Å²) in [6.45, 7) is -0.162. The van der Waals surface area contributed by atoms with E-state index in [2.05, 4.69) is 15.5 Å². The number of carbonyl (C=O) groups is 1. The van der Waals surface area contributed by atoms with Crippen LogP contribution in [-0.4, -0.2) is 28.3 Å². The van der Waals surface area contributed by atoms with Crippen molar-refractivity contribution >= 4 is 16.8 Å². The maximum absolute atomic E-state index is 12.0. The van der Waals surface area contributed by atoms with Crippen LogP contribution in [0.4, 0.5) is 0 Å². The molecule has 5 heteroatoms. The summed E-state index contributed by atoms with van der Waals surface area (Å²) in [6.07, 6.45) is 6.16. The minimum Gasteiger partial charge on any atom is -0.392 e. The molecule has 1 saturated carbocycles. The average molecular weight is 287 g/mol. The Bertz CT molecular complexity index is 657. The topological polar surface area (TPSA) is 78.0 Å². The fourth-order valence-electron chi connectivity index (χ4n) is 3.30. The fourth-order valence-corrected chi connectivity index (χ4v) is 3.30. The summed E-state index contributed by atoms with van der Waals surface area (Å²) < 4.78 is 0. The van der Waals surface area contributed by atoms with Crippen LogP contribution in [0, 0.1) is 0 Å². The van der Waals surface area contributed by atoms with E-state index in [0.717, 1.165) is 16.6 Å². The highest BCUT2D eigenvalue weighted by atomic mass is 16.3. The SMILES string of the molecule is CNC(=O)c1cc2c(C3CCCCC3)[nH]nc2cc1CO. The van der Waals surface area contributed by atoms with Gasteiger partial charge < -0.3 is 10.4 Å². The predicted octanol–water partition coefficient (Wildman–Crippen LogP) is 2.46. The van der Waals surface area contributed by atoms with Crippen molar-refractivity contribution in [2.45, 2.75) is 44.6 Å². The van der Waals surface area contributed by atoms with Crippen LogP contribution in [0.1, 0.15) is 59.6 Å². The van der Waals surface area contributed by atoms with Gasteiger partial charge in [-0.05, 0) is 30.5 Å². The van der Waals surface area contributed by atoms with Crippen LogP contribution in [0.25, 0.3) is 10.9 Å². The van der Waals surface area contributed by atoms with Gasteiger partial charge in [0.1, 0.15) is 0 Å². The maximum atomic E-state index is 12.0. The molecular weight excluding hydrogens is 266 g/mol. The van der Waals surface area contributed by atoms with Gasteiger partial charge in [0.05, 0.1) is 12.1 Å². The maximum Gasteiger partial charge on any atom is 0.251 e. The molecule has 0 spiro atoms. The predicted molar refractivity (Wildman–Crippen MR) is 81.2 cm³/mol. The quantitative estimate of drug-likeness (QED) is 0.811. The highest BCUT2D eigenvalue weighted by Gasteiger charge is 2.21. The van der Waals surface area contributed by atoms with E-state index in [1.807, 2.05) is 12.1 Å². The zero-order valence-electron chi connectivity index (χ0n) is 12.3. The van der Waals surface area contributed by atoms with E-state index in [0.29, 0.717) is 17.0 Å². The van der Waals surface area contributed by atoms with Gasteiger partial charge in [-0.1, -0.05) is 19.3 Å². The molecule has 1 aliphatic carbocycles. The van der Waals surface area contributed by atoms with E-state index >= 15 is 0 Å². The lowest BCUT2D eigenvalue weighted by Crippen LogP contribution is -2.19. The van der Waals surface area contributed by atoms with Gasteiger partial charge in [-0.25, -0.2) is 0 Å². The molecule has 112 valence electrons. The number of nitrogens with zero attached hydrogens (tertiary/aromatic N) is 1. The zero-order valence-corrected chi connectivity index (χ0v) is 12.3. The molecule has 3 rings (SSSR count). The first kappa shape index (κ1) is 14.1. The third-order valence-electron chi connectivity index (χ3n) is 4.46. The Balaban J connectivity index is 2.09. The summed E-state index contributed by atoms with van der Waals surface area (Å²) >= 11 is 0. The molecular formula is C16H21N3O2. The first-order chi connectivity index (χ1) is 10.2. The Morgan fingerprint density at radius 3 is 2.81 bits per heavy atom. The Morgan fingerprint density at radius 1 is 1.38 bits per heavy atom. The third-order valence-corrected chi connectivity index (χ3v) is 4.46. The highest BCUT2D eigenvalue weighted by Crippen LogP contribution is 2.35. The number of H-pyrrole nitrogens is 1. The molecule has 0 atom stereocenters. The molecule has 1 fully saturated rings. The summed E-state index contributed by atoms with van der Waals surface area (Å²) in [4.78, 5) is 12.0. The van der Waals surface area contributed by atoms with Gasteiger partial charge in [0.25, 0.3) is 5.91 Å². The van der Waals surface area contributed by atoms with Crippen molar-refractivity contribution < 1.29 is 9.90 Å². The van der Waals surface area contributed by atoms with E-state index in [-0.39, 0.29) is 12.5 Å². The third kappa shape index (κ3) is 2.53. The molecule has 0 bridgehead atoms. The van der Waals surface area contributed by atoms with Gasteiger partial charge in [0.15, 0.2) is 0 Å². The molecule has 1 heterocycles. The van der Waals surface area contributed by atoms with Crippen LogP contribution in [0.2, 0.25) is 0 Å². The fraction of sp³-hybridized carbons (Fsp3) is 0.500. The van der Waals surface area contributed by atoms with Crippen LogP contribution in [0.15, 0.2) is 12.1 Å². The number of aliphatic hydroxyl groups excluding tert-OH is 1. The second kappa shape index (κ2) is 5.85. The molecule has 1 aliphatic rings. The molecule has 0 aliphatic heterocycles. The Morgan fingerprint density at radius 2 is 2.14 bits per heavy atom. The van der Waals surface area contributed by atoms with Crippen molar-refractivity contribution in [3.05, 3.63) is 29.0 Å². The molecule has 21 heavy (non-hydrogen) atoms. The van der Waals surface area contributed by atoms with Crippen LogP contribution >= 0.6 is 0 Å². The molecule has 2 aromatic rings. The number of aliphatic hydroxyl groups is 1. The first-order valence-electron chi connectivity index (χ1n) is 7.58. The highest BCUT2D eigenvalue weighted by molar-refractivity contribution is 6.00. The number of fused-ring (bicyclic) bond motifs is 1. The van der Waals surface area contributed by atoms with Crippen molar-refractivity contribution in [3.63, 3.8) is 0 Å². The normalized spacial score (nSPS) is 16.3. The standard InChI is InChI=1S/C16H21N3O2/c1-17-16(21)12-8-13-14(7-11(12)9-20)18-19-15(13)10-5-3-2-4-6-10/h7-8,10,20H,2-6,9H2,1H3,(H,17,21)(H,18,19). The van der Waals surface area contributed by atoms with E-state index in [4.69, 9.17) is 0 Å². The molecule has 5 nitrogen and oxygen atoms in total. The summed E-state index contributed by atoms with van der Waals surface area (Å²) in [7, 11) is 1.60. The van der Waals surface area contributed by atoms with E-state index in [1.54, 1.807) is 7.05 Å². The molecule has 1 aromatic carbocycles. The minimum atomic E-state index is -0.170. The number of hydrogen-bond acceptors (Lipinski definition) is 3. The lowest BCUT2D eigenvalue weighted by molar-refractivity contribution is 0.0960. The van der Waals surface area contributed by atoms with Crippen molar-refractivity contribution in [1.29, 1.82) is 0 Å². The number of aromatic amines is 1. The van der Waals surface area contributed by atoms with Crippen LogP contribution in [-0.2, 0) is 6.61 Å². The Labute approximate surface area is 123 Å². The van der Waals surface area contributed by atoms with Gasteiger partial charge in [0, 0.05) is 29.6 Å². The van der Waals surface area contributed by atoms with E-state index < -0.39 is 0 Å². The number of amides is 1. The minimum absolute atomic E-state index is 0.162. The number of carbonyl (C=O) groups excluding carboxylic acids is 1.